The Balaban J connectivity index is 1.75. The van der Waals surface area contributed by atoms with Crippen molar-refractivity contribution in [2.45, 2.75) is 40.6 Å². The molecule has 0 aliphatic carbocycles. The summed E-state index contributed by atoms with van der Waals surface area (Å²) in [6, 6.07) is 6.50. The van der Waals surface area contributed by atoms with Gasteiger partial charge in [-0.05, 0) is 45.5 Å². The van der Waals surface area contributed by atoms with Crippen molar-refractivity contribution in [3.63, 3.8) is 0 Å². The molecule has 8 nitrogen and oxygen atoms in total. The molecule has 0 atom stereocenters. The van der Waals surface area contributed by atoms with Crippen LogP contribution < -0.4 is 15.2 Å². The van der Waals surface area contributed by atoms with Crippen molar-refractivity contribution < 1.29 is 22.8 Å². The molecule has 3 aromatic rings. The molecule has 2 heterocycles. The second-order valence-corrected chi connectivity index (χ2v) is 6.90. The standard InChI is InChI=1S/C20H24F2N4O4/c1-5-28-17-9-15(6-7-16(17)29-19(21)22)11-24(4)12-25-10-13(2)26(20(25)27)18-8-14(3)30-23-18/h6-10,19H,5,11-12H2,1-4H3. The molecule has 0 saturated carbocycles. The van der Waals surface area contributed by atoms with E-state index in [2.05, 4.69) is 9.89 Å². The Morgan fingerprint density at radius 1 is 1.23 bits per heavy atom. The maximum absolute atomic E-state index is 12.8. The Morgan fingerprint density at radius 3 is 2.63 bits per heavy atom. The van der Waals surface area contributed by atoms with Crippen molar-refractivity contribution in [2.24, 2.45) is 0 Å². The summed E-state index contributed by atoms with van der Waals surface area (Å²) in [5, 5.41) is 3.91. The molecule has 10 heteroatoms. The fourth-order valence-electron chi connectivity index (χ4n) is 3.19. The zero-order valence-electron chi connectivity index (χ0n) is 17.3. The second kappa shape index (κ2) is 9.12. The Hall–Kier alpha value is -3.14. The number of alkyl halides is 2. The zero-order chi connectivity index (χ0) is 21.8. The van der Waals surface area contributed by atoms with Crippen LogP contribution in [0, 0.1) is 13.8 Å². The van der Waals surface area contributed by atoms with Crippen LogP contribution in [0.1, 0.15) is 23.9 Å². The molecule has 3 rings (SSSR count). The molecule has 0 N–H and O–H groups in total. The molecule has 2 aromatic heterocycles. The van der Waals surface area contributed by atoms with Crippen LogP contribution in [0.25, 0.3) is 5.82 Å². The minimum atomic E-state index is -2.93. The lowest BCUT2D eigenvalue weighted by Gasteiger charge is -2.18. The first kappa shape index (κ1) is 21.6. The number of rotatable bonds is 9. The van der Waals surface area contributed by atoms with Crippen LogP contribution in [0.15, 0.2) is 39.8 Å². The quantitative estimate of drug-likeness (QED) is 0.527. The first-order chi connectivity index (χ1) is 14.3. The normalized spacial score (nSPS) is 11.5. The average Bonchev–Trinajstić information content (AvgIpc) is 3.20. The maximum atomic E-state index is 12.8. The summed E-state index contributed by atoms with van der Waals surface area (Å²) in [5.41, 5.74) is 1.33. The van der Waals surface area contributed by atoms with E-state index in [1.807, 2.05) is 18.9 Å². The van der Waals surface area contributed by atoms with Gasteiger partial charge in [-0.25, -0.2) is 9.36 Å². The number of ether oxygens (including phenoxy) is 2. The fourth-order valence-corrected chi connectivity index (χ4v) is 3.19. The van der Waals surface area contributed by atoms with Crippen LogP contribution in [0.5, 0.6) is 11.5 Å². The van der Waals surface area contributed by atoms with Gasteiger partial charge in [-0.2, -0.15) is 8.78 Å². The van der Waals surface area contributed by atoms with Crippen molar-refractivity contribution in [3.05, 3.63) is 58.0 Å². The predicted molar refractivity (Wildman–Crippen MR) is 105 cm³/mol. The van der Waals surface area contributed by atoms with E-state index in [-0.39, 0.29) is 17.2 Å². The Morgan fingerprint density at radius 2 is 2.00 bits per heavy atom. The molecule has 1 aromatic carbocycles. The lowest BCUT2D eigenvalue weighted by atomic mass is 10.2. The highest BCUT2D eigenvalue weighted by atomic mass is 19.3. The summed E-state index contributed by atoms with van der Waals surface area (Å²) in [6.07, 6.45) is 1.74. The Kier molecular flexibility index (Phi) is 6.56. The number of benzene rings is 1. The van der Waals surface area contributed by atoms with Crippen LogP contribution in [-0.4, -0.2) is 39.5 Å². The van der Waals surface area contributed by atoms with E-state index in [1.54, 1.807) is 42.8 Å². The molecule has 0 fully saturated rings. The number of imidazole rings is 1. The van der Waals surface area contributed by atoms with Gasteiger partial charge in [0.15, 0.2) is 17.3 Å². The first-order valence-corrected chi connectivity index (χ1v) is 9.40. The van der Waals surface area contributed by atoms with Crippen LogP contribution in [0.2, 0.25) is 0 Å². The maximum Gasteiger partial charge on any atom is 0.387 e. The molecule has 0 bridgehead atoms. The van der Waals surface area contributed by atoms with Crippen molar-refractivity contribution in [1.29, 1.82) is 0 Å². The smallest absolute Gasteiger partial charge is 0.387 e. The van der Waals surface area contributed by atoms with E-state index in [0.29, 0.717) is 31.4 Å². The number of aryl methyl sites for hydroxylation is 2. The van der Waals surface area contributed by atoms with E-state index in [9.17, 15) is 13.6 Å². The molecule has 0 unspecified atom stereocenters. The molecule has 30 heavy (non-hydrogen) atoms. The van der Waals surface area contributed by atoms with Gasteiger partial charge in [-0.1, -0.05) is 11.2 Å². The number of hydrogen-bond donors (Lipinski definition) is 0. The van der Waals surface area contributed by atoms with Crippen LogP contribution >= 0.6 is 0 Å². The van der Waals surface area contributed by atoms with Crippen LogP contribution in [0.4, 0.5) is 8.78 Å². The third-order valence-electron chi connectivity index (χ3n) is 4.35. The number of nitrogens with zero attached hydrogens (tertiary/aromatic N) is 4. The van der Waals surface area contributed by atoms with Gasteiger partial charge in [0.2, 0.25) is 0 Å². The van der Waals surface area contributed by atoms with Crippen molar-refractivity contribution >= 4 is 0 Å². The van der Waals surface area contributed by atoms with E-state index in [1.165, 1.54) is 10.6 Å². The highest BCUT2D eigenvalue weighted by Gasteiger charge is 2.16. The van der Waals surface area contributed by atoms with E-state index in [0.717, 1.165) is 11.3 Å². The summed E-state index contributed by atoms with van der Waals surface area (Å²) < 4.78 is 43.1. The fraction of sp³-hybridized carbons (Fsp3) is 0.400. The molecule has 0 spiro atoms. The van der Waals surface area contributed by atoms with Gasteiger partial charge in [-0.3, -0.25) is 9.47 Å². The SMILES string of the molecule is CCOc1cc(CN(C)Cn2cc(C)n(-c3cc(C)on3)c2=O)ccc1OC(F)F. The molecule has 0 saturated heterocycles. The summed E-state index contributed by atoms with van der Waals surface area (Å²) in [6.45, 7) is 3.53. The highest BCUT2D eigenvalue weighted by molar-refractivity contribution is 5.43. The monoisotopic (exact) mass is 422 g/mol. The van der Waals surface area contributed by atoms with E-state index in [4.69, 9.17) is 9.26 Å². The number of halogens is 2. The molecule has 162 valence electrons. The first-order valence-electron chi connectivity index (χ1n) is 9.40. The topological polar surface area (TPSA) is 74.7 Å². The summed E-state index contributed by atoms with van der Waals surface area (Å²) in [4.78, 5) is 14.7. The van der Waals surface area contributed by atoms with Crippen LogP contribution in [0.3, 0.4) is 0 Å². The van der Waals surface area contributed by atoms with Gasteiger partial charge >= 0.3 is 12.3 Å². The molecule has 0 radical (unpaired) electrons. The van der Waals surface area contributed by atoms with Crippen molar-refractivity contribution in [2.75, 3.05) is 13.7 Å². The van der Waals surface area contributed by atoms with Crippen LogP contribution in [-0.2, 0) is 13.2 Å². The molecule has 0 aliphatic heterocycles. The lowest BCUT2D eigenvalue weighted by molar-refractivity contribution is -0.0514. The predicted octanol–water partition coefficient (Wildman–Crippen LogP) is 3.33. The summed E-state index contributed by atoms with van der Waals surface area (Å²) in [7, 11) is 1.85. The van der Waals surface area contributed by atoms with Crippen molar-refractivity contribution in [3.8, 4) is 17.3 Å². The third-order valence-corrected chi connectivity index (χ3v) is 4.35. The third kappa shape index (κ3) is 4.88. The summed E-state index contributed by atoms with van der Waals surface area (Å²) in [5.74, 6) is 1.30. The van der Waals surface area contributed by atoms with Gasteiger partial charge in [-0.15, -0.1) is 0 Å². The zero-order valence-corrected chi connectivity index (χ0v) is 17.3. The average molecular weight is 422 g/mol. The molecule has 0 aliphatic rings. The molecule has 0 amide bonds. The Labute approximate surface area is 172 Å². The second-order valence-electron chi connectivity index (χ2n) is 6.90. The van der Waals surface area contributed by atoms with Gasteiger partial charge in [0.25, 0.3) is 0 Å². The molecular weight excluding hydrogens is 398 g/mol. The van der Waals surface area contributed by atoms with Gasteiger partial charge < -0.3 is 14.0 Å². The van der Waals surface area contributed by atoms with Gasteiger partial charge in [0.05, 0.1) is 13.3 Å². The molecular formula is C20H24F2N4O4. The van der Waals surface area contributed by atoms with E-state index < -0.39 is 6.61 Å². The number of hydrogen-bond acceptors (Lipinski definition) is 6. The highest BCUT2D eigenvalue weighted by Crippen LogP contribution is 2.30. The Bertz CT molecular complexity index is 1060. The minimum absolute atomic E-state index is 0.00919. The summed E-state index contributed by atoms with van der Waals surface area (Å²) >= 11 is 0. The largest absolute Gasteiger partial charge is 0.490 e. The van der Waals surface area contributed by atoms with Gasteiger partial charge in [0, 0.05) is 24.5 Å². The van der Waals surface area contributed by atoms with Crippen molar-refractivity contribution in [1.82, 2.24) is 19.2 Å². The van der Waals surface area contributed by atoms with E-state index >= 15 is 0 Å². The van der Waals surface area contributed by atoms with Gasteiger partial charge in [0.1, 0.15) is 5.76 Å². The lowest BCUT2D eigenvalue weighted by Crippen LogP contribution is -2.30. The number of aromatic nitrogens is 3. The minimum Gasteiger partial charge on any atom is -0.490 e.